The molecule has 0 saturated heterocycles. The number of nitrogens with one attached hydrogen (secondary N) is 2. The third kappa shape index (κ3) is 6.74. The Morgan fingerprint density at radius 3 is 2.27 bits per heavy atom. The van der Waals surface area contributed by atoms with Crippen molar-refractivity contribution in [2.75, 3.05) is 17.7 Å². The number of anilines is 2. The van der Waals surface area contributed by atoms with Gasteiger partial charge in [-0.15, -0.1) is 11.8 Å². The molecule has 0 fully saturated rings. The van der Waals surface area contributed by atoms with Gasteiger partial charge in [-0.1, -0.05) is 42.5 Å². The number of hydrogen-bond donors (Lipinski definition) is 2. The van der Waals surface area contributed by atoms with Crippen LogP contribution in [0.4, 0.5) is 17.1 Å². The highest BCUT2D eigenvalue weighted by Gasteiger charge is 2.23. The van der Waals surface area contributed by atoms with Crippen LogP contribution >= 0.6 is 11.8 Å². The average molecular weight is 514 g/mol. The van der Waals surface area contributed by atoms with E-state index in [1.165, 1.54) is 36.0 Å². The van der Waals surface area contributed by atoms with Gasteiger partial charge >= 0.3 is 0 Å². The normalized spacial score (nSPS) is 11.3. The molecule has 1 atom stereocenters. The van der Waals surface area contributed by atoms with Crippen LogP contribution in [0.25, 0.3) is 0 Å². The molecule has 0 heterocycles. The zero-order valence-corrected chi connectivity index (χ0v) is 20.6. The molecule has 9 heteroatoms. The number of thioether (sulfide) groups is 1. The summed E-state index contributed by atoms with van der Waals surface area (Å²) in [6, 6.07) is 29.1. The van der Waals surface area contributed by atoms with Crippen LogP contribution in [-0.2, 0) is 4.79 Å². The van der Waals surface area contributed by atoms with E-state index < -0.39 is 10.2 Å². The lowest BCUT2D eigenvalue weighted by Gasteiger charge is -2.18. The van der Waals surface area contributed by atoms with Crippen LogP contribution in [0.5, 0.6) is 5.75 Å². The first-order valence-corrected chi connectivity index (χ1v) is 12.1. The molecule has 0 aromatic heterocycles. The fourth-order valence-corrected chi connectivity index (χ4v) is 4.61. The van der Waals surface area contributed by atoms with E-state index in [4.69, 9.17) is 4.74 Å². The summed E-state index contributed by atoms with van der Waals surface area (Å²) < 4.78 is 5.19. The van der Waals surface area contributed by atoms with E-state index in [2.05, 4.69) is 10.6 Å². The zero-order valence-electron chi connectivity index (χ0n) is 19.8. The predicted octanol–water partition coefficient (Wildman–Crippen LogP) is 6.33. The maximum Gasteiger partial charge on any atom is 0.269 e. The van der Waals surface area contributed by atoms with Crippen LogP contribution in [0.1, 0.15) is 21.2 Å². The molecule has 0 radical (unpaired) electrons. The number of non-ortho nitro benzene ring substituents is 1. The van der Waals surface area contributed by atoms with Crippen LogP contribution in [0.15, 0.2) is 108 Å². The lowest BCUT2D eigenvalue weighted by atomic mass is 10.1. The number of hydrogen-bond acceptors (Lipinski definition) is 6. The second-order valence-corrected chi connectivity index (χ2v) is 9.09. The van der Waals surface area contributed by atoms with Crippen molar-refractivity contribution in [1.29, 1.82) is 0 Å². The van der Waals surface area contributed by atoms with Gasteiger partial charge in [0.1, 0.15) is 11.0 Å². The minimum Gasteiger partial charge on any atom is -0.497 e. The summed E-state index contributed by atoms with van der Waals surface area (Å²) >= 11 is 1.33. The topological polar surface area (TPSA) is 111 Å². The molecule has 0 saturated carbocycles. The summed E-state index contributed by atoms with van der Waals surface area (Å²) in [4.78, 5) is 37.2. The van der Waals surface area contributed by atoms with Gasteiger partial charge in [-0.25, -0.2) is 0 Å². The number of rotatable bonds is 9. The Balaban J connectivity index is 1.52. The highest BCUT2D eigenvalue weighted by atomic mass is 32.2. The molecule has 4 rings (SSSR count). The number of benzene rings is 4. The van der Waals surface area contributed by atoms with Gasteiger partial charge in [-0.3, -0.25) is 19.7 Å². The minimum absolute atomic E-state index is 0.0557. The van der Waals surface area contributed by atoms with Crippen LogP contribution < -0.4 is 15.4 Å². The van der Waals surface area contributed by atoms with Gasteiger partial charge < -0.3 is 15.4 Å². The molecular formula is C28H23N3O5S. The van der Waals surface area contributed by atoms with Crippen LogP contribution in [0.2, 0.25) is 0 Å². The largest absolute Gasteiger partial charge is 0.497 e. The lowest BCUT2D eigenvalue weighted by molar-refractivity contribution is -0.384. The fourth-order valence-electron chi connectivity index (χ4n) is 3.53. The smallest absolute Gasteiger partial charge is 0.269 e. The van der Waals surface area contributed by atoms with Gasteiger partial charge in [0, 0.05) is 34.0 Å². The maximum absolute atomic E-state index is 13.3. The van der Waals surface area contributed by atoms with E-state index in [-0.39, 0.29) is 17.5 Å². The second kappa shape index (κ2) is 11.9. The Morgan fingerprint density at radius 1 is 0.838 bits per heavy atom. The third-order valence-electron chi connectivity index (χ3n) is 5.36. The molecule has 2 N–H and O–H groups in total. The molecule has 4 aromatic rings. The lowest BCUT2D eigenvalue weighted by Crippen LogP contribution is -2.19. The van der Waals surface area contributed by atoms with Crippen LogP contribution in [0.3, 0.4) is 0 Å². The number of nitro groups is 1. The van der Waals surface area contributed by atoms with E-state index in [0.29, 0.717) is 22.7 Å². The van der Waals surface area contributed by atoms with Crippen molar-refractivity contribution in [3.05, 3.63) is 124 Å². The average Bonchev–Trinajstić information content (AvgIpc) is 2.92. The van der Waals surface area contributed by atoms with Crippen molar-refractivity contribution in [3.8, 4) is 5.75 Å². The summed E-state index contributed by atoms with van der Waals surface area (Å²) in [5.41, 5.74) is 2.23. The van der Waals surface area contributed by atoms with E-state index in [9.17, 15) is 19.7 Å². The molecule has 0 aliphatic heterocycles. The Morgan fingerprint density at radius 2 is 1.57 bits per heavy atom. The van der Waals surface area contributed by atoms with Crippen molar-refractivity contribution >= 4 is 40.6 Å². The van der Waals surface area contributed by atoms with Gasteiger partial charge in [0.05, 0.1) is 12.0 Å². The van der Waals surface area contributed by atoms with Crippen molar-refractivity contribution in [3.63, 3.8) is 0 Å². The van der Waals surface area contributed by atoms with E-state index in [1.54, 1.807) is 49.6 Å². The molecule has 0 aliphatic rings. The van der Waals surface area contributed by atoms with Gasteiger partial charge in [0.2, 0.25) is 5.91 Å². The molecule has 37 heavy (non-hydrogen) atoms. The third-order valence-corrected chi connectivity index (χ3v) is 6.61. The highest BCUT2D eigenvalue weighted by Crippen LogP contribution is 2.37. The van der Waals surface area contributed by atoms with Crippen LogP contribution in [-0.4, -0.2) is 23.8 Å². The van der Waals surface area contributed by atoms with E-state index >= 15 is 0 Å². The summed E-state index contributed by atoms with van der Waals surface area (Å²) in [5.74, 6) is 0.0224. The maximum atomic E-state index is 13.3. The van der Waals surface area contributed by atoms with Crippen molar-refractivity contribution < 1.29 is 19.2 Å². The number of nitrogens with zero attached hydrogens (tertiary/aromatic N) is 1. The Bertz CT molecular complexity index is 1410. The number of ether oxygens (including phenoxy) is 1. The van der Waals surface area contributed by atoms with Crippen molar-refractivity contribution in [1.82, 2.24) is 0 Å². The van der Waals surface area contributed by atoms with Gasteiger partial charge in [0.25, 0.3) is 11.6 Å². The molecule has 0 spiro atoms. The molecular weight excluding hydrogens is 490 g/mol. The molecule has 4 aromatic carbocycles. The summed E-state index contributed by atoms with van der Waals surface area (Å²) in [5, 5.41) is 16.0. The molecule has 0 bridgehead atoms. The molecule has 1 unspecified atom stereocenters. The Hall–Kier alpha value is -4.63. The number of carbonyl (C=O) groups is 2. The molecule has 8 nitrogen and oxygen atoms in total. The van der Waals surface area contributed by atoms with E-state index in [0.717, 1.165) is 10.5 Å². The zero-order chi connectivity index (χ0) is 26.2. The molecule has 2 amide bonds. The first-order valence-electron chi connectivity index (χ1n) is 11.3. The fraction of sp³-hybridized carbons (Fsp3) is 0.0714. The summed E-state index contributed by atoms with van der Waals surface area (Å²) in [6.45, 7) is 0. The van der Waals surface area contributed by atoms with Crippen molar-refractivity contribution in [2.45, 2.75) is 10.1 Å². The van der Waals surface area contributed by atoms with Crippen LogP contribution in [0, 0.1) is 10.1 Å². The van der Waals surface area contributed by atoms with Gasteiger partial charge in [0.15, 0.2) is 0 Å². The second-order valence-electron chi connectivity index (χ2n) is 7.92. The van der Waals surface area contributed by atoms with Crippen molar-refractivity contribution in [2.24, 2.45) is 0 Å². The van der Waals surface area contributed by atoms with Gasteiger partial charge in [-0.2, -0.15) is 0 Å². The summed E-state index contributed by atoms with van der Waals surface area (Å²) in [7, 11) is 1.54. The standard InChI is InChI=1S/C28H23N3O5S/c1-36-24-11-5-9-20(17-24)27(32)30-22-10-6-12-25(18-22)37-26(19-7-3-2-4-8-19)28(33)29-21-13-15-23(16-14-21)31(34)35/h2-18,26H,1H3,(H,29,33)(H,30,32). The van der Waals surface area contributed by atoms with Gasteiger partial charge in [-0.05, 0) is 54.1 Å². The minimum atomic E-state index is -0.610. The number of amides is 2. The number of carbonyl (C=O) groups excluding carboxylic acids is 2. The predicted molar refractivity (Wildman–Crippen MR) is 144 cm³/mol. The first kappa shape index (κ1) is 25.5. The SMILES string of the molecule is COc1cccc(C(=O)Nc2cccc(SC(C(=O)Nc3ccc([N+](=O)[O-])cc3)c3ccccc3)c2)c1. The Labute approximate surface area is 217 Å². The first-order chi connectivity index (χ1) is 17.9. The molecule has 0 aliphatic carbocycles. The monoisotopic (exact) mass is 513 g/mol. The summed E-state index contributed by atoms with van der Waals surface area (Å²) in [6.07, 6.45) is 0. The quantitative estimate of drug-likeness (QED) is 0.154. The van der Waals surface area contributed by atoms with E-state index in [1.807, 2.05) is 36.4 Å². The highest BCUT2D eigenvalue weighted by molar-refractivity contribution is 8.00. The number of nitro benzene ring substituents is 1. The Kier molecular flexibility index (Phi) is 8.17. The molecule has 186 valence electrons. The number of methoxy groups -OCH3 is 1.